The van der Waals surface area contributed by atoms with Crippen molar-refractivity contribution < 1.29 is 4.79 Å². The van der Waals surface area contributed by atoms with Crippen LogP contribution in [0, 0.1) is 0 Å². The van der Waals surface area contributed by atoms with Crippen molar-refractivity contribution in [2.75, 3.05) is 26.2 Å². The van der Waals surface area contributed by atoms with E-state index < -0.39 is 0 Å². The zero-order chi connectivity index (χ0) is 18.6. The summed E-state index contributed by atoms with van der Waals surface area (Å²) in [6, 6.07) is 8.93. The summed E-state index contributed by atoms with van der Waals surface area (Å²) in [5, 5.41) is 8.28. The molecule has 1 aliphatic carbocycles. The predicted molar refractivity (Wildman–Crippen MR) is 105 cm³/mol. The number of hydrogen-bond donors (Lipinski definition) is 0. The Morgan fingerprint density at radius 3 is 2.41 bits per heavy atom. The minimum atomic E-state index is -0.00489. The van der Waals surface area contributed by atoms with Crippen molar-refractivity contribution in [2.45, 2.75) is 51.5 Å². The molecule has 0 atom stereocenters. The molecule has 0 N–H and O–H groups in total. The van der Waals surface area contributed by atoms with Gasteiger partial charge in [0.05, 0.1) is 11.9 Å². The molecule has 1 aromatic heterocycles. The lowest BCUT2D eigenvalue weighted by molar-refractivity contribution is 0.0518. The Morgan fingerprint density at radius 1 is 1.04 bits per heavy atom. The molecule has 4 rings (SSSR count). The average molecular weight is 367 g/mol. The molecule has 6 heteroatoms. The van der Waals surface area contributed by atoms with Crippen LogP contribution in [0.4, 0.5) is 0 Å². The Hall–Kier alpha value is -2.21. The van der Waals surface area contributed by atoms with E-state index in [1.807, 2.05) is 17.0 Å². The SMILES string of the molecule is CCc1ccc(-n2cc(C(=O)N3CCN(C4CCCCC4)CC3)nn2)cc1. The van der Waals surface area contributed by atoms with Gasteiger partial charge in [0.15, 0.2) is 5.69 Å². The molecular weight excluding hydrogens is 338 g/mol. The lowest BCUT2D eigenvalue weighted by Crippen LogP contribution is -2.52. The molecule has 0 spiro atoms. The van der Waals surface area contributed by atoms with Gasteiger partial charge in [-0.1, -0.05) is 43.5 Å². The number of aromatic nitrogens is 3. The molecule has 144 valence electrons. The van der Waals surface area contributed by atoms with Gasteiger partial charge in [-0.25, -0.2) is 4.68 Å². The maximum Gasteiger partial charge on any atom is 0.276 e. The molecule has 1 saturated carbocycles. The molecule has 1 aliphatic heterocycles. The van der Waals surface area contributed by atoms with E-state index in [0.29, 0.717) is 5.69 Å². The van der Waals surface area contributed by atoms with Crippen molar-refractivity contribution in [3.05, 3.63) is 41.7 Å². The quantitative estimate of drug-likeness (QED) is 0.834. The van der Waals surface area contributed by atoms with E-state index in [1.54, 1.807) is 10.9 Å². The first-order chi connectivity index (χ1) is 13.2. The van der Waals surface area contributed by atoms with Crippen molar-refractivity contribution >= 4 is 5.91 Å². The Morgan fingerprint density at radius 2 is 1.74 bits per heavy atom. The fourth-order valence-corrected chi connectivity index (χ4v) is 4.27. The lowest BCUT2D eigenvalue weighted by Gasteiger charge is -2.40. The van der Waals surface area contributed by atoms with Gasteiger partial charge < -0.3 is 4.90 Å². The van der Waals surface area contributed by atoms with Gasteiger partial charge >= 0.3 is 0 Å². The second-order valence-corrected chi connectivity index (χ2v) is 7.69. The topological polar surface area (TPSA) is 54.3 Å². The Bertz CT molecular complexity index is 755. The summed E-state index contributed by atoms with van der Waals surface area (Å²) in [4.78, 5) is 17.3. The average Bonchev–Trinajstić information content (AvgIpc) is 3.24. The second-order valence-electron chi connectivity index (χ2n) is 7.69. The van der Waals surface area contributed by atoms with Crippen LogP contribution in [0.25, 0.3) is 5.69 Å². The maximum absolute atomic E-state index is 12.8. The number of piperazine rings is 1. The van der Waals surface area contributed by atoms with Crippen LogP contribution in [0.3, 0.4) is 0 Å². The largest absolute Gasteiger partial charge is 0.335 e. The number of nitrogens with zero attached hydrogens (tertiary/aromatic N) is 5. The van der Waals surface area contributed by atoms with Gasteiger partial charge in [-0.3, -0.25) is 9.69 Å². The van der Waals surface area contributed by atoms with Crippen LogP contribution in [-0.2, 0) is 6.42 Å². The first-order valence-electron chi connectivity index (χ1n) is 10.3. The molecule has 2 fully saturated rings. The fourth-order valence-electron chi connectivity index (χ4n) is 4.27. The van der Waals surface area contributed by atoms with Crippen molar-refractivity contribution in [1.29, 1.82) is 0 Å². The molecule has 2 aromatic rings. The minimum absolute atomic E-state index is 0.00489. The number of hydrogen-bond acceptors (Lipinski definition) is 4. The molecule has 1 saturated heterocycles. The number of aryl methyl sites for hydroxylation is 1. The van der Waals surface area contributed by atoms with Gasteiger partial charge in [-0.05, 0) is 37.0 Å². The third-order valence-electron chi connectivity index (χ3n) is 6.01. The molecule has 2 heterocycles. The molecule has 0 bridgehead atoms. The molecular formula is C21H29N5O. The number of rotatable bonds is 4. The third-order valence-corrected chi connectivity index (χ3v) is 6.01. The van der Waals surface area contributed by atoms with Crippen LogP contribution >= 0.6 is 0 Å². The van der Waals surface area contributed by atoms with Gasteiger partial charge in [0, 0.05) is 32.2 Å². The van der Waals surface area contributed by atoms with Crippen molar-refractivity contribution in [1.82, 2.24) is 24.8 Å². The van der Waals surface area contributed by atoms with Crippen LogP contribution in [0.2, 0.25) is 0 Å². The number of amides is 1. The first-order valence-corrected chi connectivity index (χ1v) is 10.3. The summed E-state index contributed by atoms with van der Waals surface area (Å²) in [6.07, 6.45) is 9.48. The Balaban J connectivity index is 1.36. The third kappa shape index (κ3) is 4.05. The van der Waals surface area contributed by atoms with Crippen molar-refractivity contribution in [3.8, 4) is 5.69 Å². The van der Waals surface area contributed by atoms with E-state index in [2.05, 4.69) is 34.3 Å². The van der Waals surface area contributed by atoms with Crippen molar-refractivity contribution in [3.63, 3.8) is 0 Å². The highest BCUT2D eigenvalue weighted by molar-refractivity contribution is 5.92. The first kappa shape index (κ1) is 18.2. The van der Waals surface area contributed by atoms with Gasteiger partial charge in [-0.15, -0.1) is 5.10 Å². The predicted octanol–water partition coefficient (Wildman–Crippen LogP) is 2.92. The summed E-state index contributed by atoms with van der Waals surface area (Å²) in [5.41, 5.74) is 2.65. The molecule has 27 heavy (non-hydrogen) atoms. The second kappa shape index (κ2) is 8.21. The molecule has 1 amide bonds. The van der Waals surface area contributed by atoms with Crippen LogP contribution in [-0.4, -0.2) is 62.9 Å². The summed E-state index contributed by atoms with van der Waals surface area (Å²) < 4.78 is 1.69. The Labute approximate surface area is 161 Å². The fraction of sp³-hybridized carbons (Fsp3) is 0.571. The highest BCUT2D eigenvalue weighted by atomic mass is 16.2. The molecule has 6 nitrogen and oxygen atoms in total. The van der Waals surface area contributed by atoms with Crippen LogP contribution in [0.5, 0.6) is 0 Å². The molecule has 2 aliphatic rings. The van der Waals surface area contributed by atoms with E-state index >= 15 is 0 Å². The van der Waals surface area contributed by atoms with E-state index in [-0.39, 0.29) is 5.91 Å². The maximum atomic E-state index is 12.8. The van der Waals surface area contributed by atoms with Gasteiger partial charge in [0.2, 0.25) is 0 Å². The highest BCUT2D eigenvalue weighted by Gasteiger charge is 2.28. The highest BCUT2D eigenvalue weighted by Crippen LogP contribution is 2.23. The lowest BCUT2D eigenvalue weighted by atomic mass is 9.94. The van der Waals surface area contributed by atoms with Crippen LogP contribution < -0.4 is 0 Å². The standard InChI is InChI=1S/C21H29N5O/c1-2-17-8-10-19(11-9-17)26-16-20(22-23-26)21(27)25-14-12-24(13-15-25)18-6-4-3-5-7-18/h8-11,16,18H,2-7,12-15H2,1H3. The molecule has 0 radical (unpaired) electrons. The molecule has 1 aromatic carbocycles. The summed E-state index contributed by atoms with van der Waals surface area (Å²) in [7, 11) is 0. The zero-order valence-electron chi connectivity index (χ0n) is 16.2. The smallest absolute Gasteiger partial charge is 0.276 e. The van der Waals surface area contributed by atoms with E-state index in [1.165, 1.54) is 37.7 Å². The summed E-state index contributed by atoms with van der Waals surface area (Å²) in [5.74, 6) is -0.00489. The minimum Gasteiger partial charge on any atom is -0.335 e. The zero-order valence-corrected chi connectivity index (χ0v) is 16.2. The summed E-state index contributed by atoms with van der Waals surface area (Å²) in [6.45, 7) is 5.65. The normalized spacial score (nSPS) is 19.4. The van der Waals surface area contributed by atoms with E-state index in [0.717, 1.165) is 44.3 Å². The van der Waals surface area contributed by atoms with Crippen LogP contribution in [0.15, 0.2) is 30.5 Å². The Kier molecular flexibility index (Phi) is 5.53. The van der Waals surface area contributed by atoms with Crippen LogP contribution in [0.1, 0.15) is 55.1 Å². The van der Waals surface area contributed by atoms with E-state index in [9.17, 15) is 4.79 Å². The number of benzene rings is 1. The van der Waals surface area contributed by atoms with Gasteiger partial charge in [0.1, 0.15) is 0 Å². The summed E-state index contributed by atoms with van der Waals surface area (Å²) >= 11 is 0. The molecule has 0 unspecified atom stereocenters. The monoisotopic (exact) mass is 367 g/mol. The number of carbonyl (C=O) groups is 1. The van der Waals surface area contributed by atoms with E-state index in [4.69, 9.17) is 0 Å². The van der Waals surface area contributed by atoms with Gasteiger partial charge in [0.25, 0.3) is 5.91 Å². The van der Waals surface area contributed by atoms with Gasteiger partial charge in [-0.2, -0.15) is 0 Å². The van der Waals surface area contributed by atoms with Crippen molar-refractivity contribution in [2.24, 2.45) is 0 Å². The number of carbonyl (C=O) groups excluding carboxylic acids is 1.